The lowest BCUT2D eigenvalue weighted by Gasteiger charge is -2.14. The zero-order valence-electron chi connectivity index (χ0n) is 9.19. The molecule has 0 bridgehead atoms. The van der Waals surface area contributed by atoms with Gasteiger partial charge in [0, 0.05) is 0 Å². The quantitative estimate of drug-likeness (QED) is 0.754. The van der Waals surface area contributed by atoms with Gasteiger partial charge in [0.1, 0.15) is 0 Å². The highest BCUT2D eigenvalue weighted by atomic mass is 16.7. The molecule has 1 saturated heterocycles. The molecule has 2 heteroatoms. The van der Waals surface area contributed by atoms with E-state index < -0.39 is 0 Å². The summed E-state index contributed by atoms with van der Waals surface area (Å²) in [4.78, 5) is 0. The Balaban J connectivity index is 1.79. The first kappa shape index (κ1) is 10.7. The molecule has 1 fully saturated rings. The van der Waals surface area contributed by atoms with Crippen molar-refractivity contribution in [1.29, 1.82) is 0 Å². The zero-order valence-corrected chi connectivity index (χ0v) is 9.19. The van der Waals surface area contributed by atoms with Crippen molar-refractivity contribution >= 4 is 0 Å². The van der Waals surface area contributed by atoms with E-state index in [1.807, 2.05) is 0 Å². The molecule has 0 aliphatic carbocycles. The van der Waals surface area contributed by atoms with Gasteiger partial charge in [-0.1, -0.05) is 37.3 Å². The molecule has 1 aromatic carbocycles. The lowest BCUT2D eigenvalue weighted by atomic mass is 9.96. The van der Waals surface area contributed by atoms with Gasteiger partial charge in [0.25, 0.3) is 0 Å². The zero-order chi connectivity index (χ0) is 10.5. The second kappa shape index (κ2) is 5.29. The minimum Gasteiger partial charge on any atom is -0.350 e. The number of benzene rings is 1. The highest BCUT2D eigenvalue weighted by molar-refractivity contribution is 5.18. The Hall–Kier alpha value is -0.860. The molecular formula is C13H18O2. The molecule has 0 aromatic heterocycles. The largest absolute Gasteiger partial charge is 0.350 e. The van der Waals surface area contributed by atoms with Crippen LogP contribution in [0.1, 0.15) is 31.2 Å². The predicted molar refractivity (Wildman–Crippen MR) is 59.8 cm³/mol. The van der Waals surface area contributed by atoms with Gasteiger partial charge < -0.3 is 9.47 Å². The first-order valence-electron chi connectivity index (χ1n) is 5.64. The third kappa shape index (κ3) is 3.05. The highest BCUT2D eigenvalue weighted by Crippen LogP contribution is 2.22. The second-order valence-electron chi connectivity index (χ2n) is 4.06. The predicted octanol–water partition coefficient (Wildman–Crippen LogP) is 2.94. The van der Waals surface area contributed by atoms with Crippen LogP contribution < -0.4 is 0 Å². The number of rotatable bonds is 4. The molecule has 0 N–H and O–H groups in total. The van der Waals surface area contributed by atoms with Gasteiger partial charge in [-0.15, -0.1) is 0 Å². The molecule has 1 aromatic rings. The van der Waals surface area contributed by atoms with Crippen LogP contribution in [0.2, 0.25) is 0 Å². The summed E-state index contributed by atoms with van der Waals surface area (Å²) < 4.78 is 10.8. The minimum absolute atomic E-state index is 0.0381. The van der Waals surface area contributed by atoms with E-state index in [1.165, 1.54) is 5.56 Å². The van der Waals surface area contributed by atoms with Crippen molar-refractivity contribution in [3.05, 3.63) is 35.9 Å². The van der Waals surface area contributed by atoms with Crippen molar-refractivity contribution in [3.8, 4) is 0 Å². The van der Waals surface area contributed by atoms with Gasteiger partial charge in [0.05, 0.1) is 13.2 Å². The smallest absolute Gasteiger partial charge is 0.157 e. The van der Waals surface area contributed by atoms with Gasteiger partial charge in [-0.25, -0.2) is 0 Å². The van der Waals surface area contributed by atoms with Crippen molar-refractivity contribution in [2.45, 2.75) is 32.0 Å². The standard InChI is InChI=1S/C13H18O2/c1-11(12-5-3-2-4-6-12)7-8-13-14-9-10-15-13/h2-6,11,13H,7-10H2,1H3. The van der Waals surface area contributed by atoms with Crippen molar-refractivity contribution < 1.29 is 9.47 Å². The molecule has 1 aliphatic rings. The van der Waals surface area contributed by atoms with Crippen molar-refractivity contribution in [2.75, 3.05) is 13.2 Å². The van der Waals surface area contributed by atoms with Gasteiger partial charge >= 0.3 is 0 Å². The molecule has 82 valence electrons. The Morgan fingerprint density at radius 3 is 2.53 bits per heavy atom. The fraction of sp³-hybridized carbons (Fsp3) is 0.538. The molecule has 1 atom stereocenters. The summed E-state index contributed by atoms with van der Waals surface area (Å²) in [7, 11) is 0. The van der Waals surface area contributed by atoms with Crippen LogP contribution in [0.3, 0.4) is 0 Å². The van der Waals surface area contributed by atoms with Crippen LogP contribution in [0.15, 0.2) is 30.3 Å². The average molecular weight is 206 g/mol. The molecule has 1 aliphatic heterocycles. The van der Waals surface area contributed by atoms with Crippen LogP contribution in [-0.4, -0.2) is 19.5 Å². The third-order valence-corrected chi connectivity index (χ3v) is 2.89. The summed E-state index contributed by atoms with van der Waals surface area (Å²) in [6, 6.07) is 10.6. The van der Waals surface area contributed by atoms with E-state index in [1.54, 1.807) is 0 Å². The van der Waals surface area contributed by atoms with E-state index in [-0.39, 0.29) is 6.29 Å². The van der Waals surface area contributed by atoms with Gasteiger partial charge in [0.15, 0.2) is 6.29 Å². The van der Waals surface area contributed by atoms with Crippen LogP contribution >= 0.6 is 0 Å². The van der Waals surface area contributed by atoms with E-state index >= 15 is 0 Å². The number of hydrogen-bond acceptors (Lipinski definition) is 2. The van der Waals surface area contributed by atoms with Gasteiger partial charge in [0.2, 0.25) is 0 Å². The maximum atomic E-state index is 5.42. The SMILES string of the molecule is CC(CCC1OCCO1)c1ccccc1. The highest BCUT2D eigenvalue weighted by Gasteiger charge is 2.17. The number of hydrogen-bond donors (Lipinski definition) is 0. The molecule has 0 amide bonds. The van der Waals surface area contributed by atoms with Crippen LogP contribution in [0, 0.1) is 0 Å². The topological polar surface area (TPSA) is 18.5 Å². The van der Waals surface area contributed by atoms with Gasteiger partial charge in [-0.05, 0) is 24.3 Å². The summed E-state index contributed by atoms with van der Waals surface area (Å²) in [5.74, 6) is 0.582. The van der Waals surface area contributed by atoms with Crippen LogP contribution in [0.5, 0.6) is 0 Å². The molecular weight excluding hydrogens is 188 g/mol. The van der Waals surface area contributed by atoms with Crippen molar-refractivity contribution in [1.82, 2.24) is 0 Å². The van der Waals surface area contributed by atoms with Crippen molar-refractivity contribution in [2.24, 2.45) is 0 Å². The summed E-state index contributed by atoms with van der Waals surface area (Å²) >= 11 is 0. The van der Waals surface area contributed by atoms with E-state index in [9.17, 15) is 0 Å². The average Bonchev–Trinajstić information content (AvgIpc) is 2.80. The lowest BCUT2D eigenvalue weighted by Crippen LogP contribution is -2.08. The Labute approximate surface area is 91.2 Å². The fourth-order valence-corrected chi connectivity index (χ4v) is 1.91. The molecule has 1 heterocycles. The first-order chi connectivity index (χ1) is 7.36. The lowest BCUT2D eigenvalue weighted by molar-refractivity contribution is -0.0485. The summed E-state index contributed by atoms with van der Waals surface area (Å²) in [6.07, 6.45) is 2.15. The fourth-order valence-electron chi connectivity index (χ4n) is 1.91. The van der Waals surface area contributed by atoms with E-state index in [0.29, 0.717) is 5.92 Å². The van der Waals surface area contributed by atoms with Crippen LogP contribution in [-0.2, 0) is 9.47 Å². The normalized spacial score (nSPS) is 19.3. The monoisotopic (exact) mass is 206 g/mol. The Kier molecular flexibility index (Phi) is 3.75. The Morgan fingerprint density at radius 2 is 1.87 bits per heavy atom. The molecule has 2 rings (SSSR count). The maximum absolute atomic E-state index is 5.42. The first-order valence-corrected chi connectivity index (χ1v) is 5.64. The maximum Gasteiger partial charge on any atom is 0.157 e. The number of ether oxygens (including phenoxy) is 2. The van der Waals surface area contributed by atoms with E-state index in [4.69, 9.17) is 9.47 Å². The van der Waals surface area contributed by atoms with Crippen LogP contribution in [0.25, 0.3) is 0 Å². The Bertz CT molecular complexity index is 278. The molecule has 1 unspecified atom stereocenters. The summed E-state index contributed by atoms with van der Waals surface area (Å²) in [5, 5.41) is 0. The summed E-state index contributed by atoms with van der Waals surface area (Å²) in [6.45, 7) is 3.76. The van der Waals surface area contributed by atoms with Crippen molar-refractivity contribution in [3.63, 3.8) is 0 Å². The Morgan fingerprint density at radius 1 is 1.20 bits per heavy atom. The molecule has 15 heavy (non-hydrogen) atoms. The minimum atomic E-state index is 0.0381. The summed E-state index contributed by atoms with van der Waals surface area (Å²) in [5.41, 5.74) is 1.40. The van der Waals surface area contributed by atoms with Gasteiger partial charge in [-0.2, -0.15) is 0 Å². The molecule has 0 spiro atoms. The molecule has 0 radical (unpaired) electrons. The van der Waals surface area contributed by atoms with E-state index in [2.05, 4.69) is 37.3 Å². The second-order valence-corrected chi connectivity index (χ2v) is 4.06. The van der Waals surface area contributed by atoms with Gasteiger partial charge in [-0.3, -0.25) is 0 Å². The van der Waals surface area contributed by atoms with E-state index in [0.717, 1.165) is 26.1 Å². The molecule has 2 nitrogen and oxygen atoms in total. The van der Waals surface area contributed by atoms with Crippen LogP contribution in [0.4, 0.5) is 0 Å². The third-order valence-electron chi connectivity index (χ3n) is 2.89. The molecule has 0 saturated carbocycles.